The van der Waals surface area contributed by atoms with Gasteiger partial charge in [-0.15, -0.1) is 0 Å². The summed E-state index contributed by atoms with van der Waals surface area (Å²) in [5, 5.41) is 12.5. The maximum atomic E-state index is 13.1. The topological polar surface area (TPSA) is 108 Å². The molecular formula is C27H29N7O2. The Bertz CT molecular complexity index is 1600. The third-order valence-corrected chi connectivity index (χ3v) is 6.80. The number of carbonyl (C=O) groups is 2. The van der Waals surface area contributed by atoms with Crippen LogP contribution < -0.4 is 5.32 Å². The molecule has 2 N–H and O–H groups in total. The van der Waals surface area contributed by atoms with Crippen molar-refractivity contribution in [2.24, 2.45) is 0 Å². The lowest BCUT2D eigenvalue weighted by atomic mass is 10.0. The van der Waals surface area contributed by atoms with Gasteiger partial charge >= 0.3 is 0 Å². The van der Waals surface area contributed by atoms with Crippen molar-refractivity contribution in [1.29, 1.82) is 0 Å². The number of nitrogens with zero attached hydrogens (tertiary/aromatic N) is 5. The number of aromatic amines is 1. The van der Waals surface area contributed by atoms with E-state index in [-0.39, 0.29) is 20.6 Å². The molecule has 184 valence electrons. The summed E-state index contributed by atoms with van der Waals surface area (Å²) in [6.07, 6.45) is 6.63. The van der Waals surface area contributed by atoms with Crippen molar-refractivity contribution >= 4 is 34.1 Å². The number of hydrogen-bond acceptors (Lipinski definition) is 5. The first kappa shape index (κ1) is 22.0. The van der Waals surface area contributed by atoms with Gasteiger partial charge in [0.05, 0.1) is 11.7 Å². The van der Waals surface area contributed by atoms with Gasteiger partial charge in [0.1, 0.15) is 5.65 Å². The van der Waals surface area contributed by atoms with E-state index in [0.717, 1.165) is 39.8 Å². The summed E-state index contributed by atoms with van der Waals surface area (Å²) in [5.41, 5.74) is 6.20. The van der Waals surface area contributed by atoms with Gasteiger partial charge in [-0.1, -0.05) is 6.92 Å². The smallest absolute Gasteiger partial charge is 0.253 e. The van der Waals surface area contributed by atoms with E-state index >= 15 is 0 Å². The molecule has 0 aliphatic carbocycles. The summed E-state index contributed by atoms with van der Waals surface area (Å²) in [6, 6.07) is 15.1. The summed E-state index contributed by atoms with van der Waals surface area (Å²) in [6.45, 7) is 3.13. The molecule has 1 fully saturated rings. The van der Waals surface area contributed by atoms with Crippen molar-refractivity contribution in [3.05, 3.63) is 78.4 Å². The number of amides is 2. The normalized spacial score (nSPS) is 15.6. The van der Waals surface area contributed by atoms with Crippen LogP contribution in [0.25, 0.3) is 27.7 Å². The van der Waals surface area contributed by atoms with Crippen LogP contribution in [0, 0.1) is 0 Å². The van der Waals surface area contributed by atoms with Crippen LogP contribution in [0.4, 0.5) is 5.69 Å². The zero-order chi connectivity index (χ0) is 24.6. The van der Waals surface area contributed by atoms with Crippen molar-refractivity contribution in [2.45, 2.75) is 25.7 Å². The Balaban J connectivity index is 0.00000168. The van der Waals surface area contributed by atoms with Gasteiger partial charge in [0.25, 0.3) is 5.91 Å². The van der Waals surface area contributed by atoms with Gasteiger partial charge in [-0.25, -0.2) is 4.98 Å². The molecule has 5 aromatic rings. The maximum Gasteiger partial charge on any atom is 0.253 e. The third kappa shape index (κ3) is 3.88. The van der Waals surface area contributed by atoms with Crippen LogP contribution >= 0.6 is 0 Å². The predicted molar refractivity (Wildman–Crippen MR) is 141 cm³/mol. The molecule has 1 saturated heterocycles. The van der Waals surface area contributed by atoms with Crippen LogP contribution in [0.5, 0.6) is 0 Å². The summed E-state index contributed by atoms with van der Waals surface area (Å²) >= 11 is 0. The molecule has 1 aliphatic rings. The van der Waals surface area contributed by atoms with E-state index < -0.39 is 0 Å². The molecule has 0 radical (unpaired) electrons. The minimum atomic E-state index is -0.0503. The van der Waals surface area contributed by atoms with Crippen molar-refractivity contribution < 1.29 is 12.4 Å². The first-order chi connectivity index (χ1) is 17.6. The molecule has 36 heavy (non-hydrogen) atoms. The summed E-state index contributed by atoms with van der Waals surface area (Å²) in [5.74, 6) is 0.148. The quantitative estimate of drug-likeness (QED) is 0.375. The molecular weight excluding hydrogens is 454 g/mol. The Labute approximate surface area is 210 Å². The van der Waals surface area contributed by atoms with E-state index in [0.29, 0.717) is 30.8 Å². The van der Waals surface area contributed by atoms with Crippen molar-refractivity contribution in [3.8, 4) is 11.1 Å². The van der Waals surface area contributed by atoms with Gasteiger partial charge in [-0.05, 0) is 60.5 Å². The molecule has 1 atom stereocenters. The van der Waals surface area contributed by atoms with Gasteiger partial charge in [-0.3, -0.25) is 9.59 Å². The van der Waals surface area contributed by atoms with E-state index in [9.17, 15) is 9.59 Å². The van der Waals surface area contributed by atoms with Gasteiger partial charge in [-0.2, -0.15) is 14.8 Å². The van der Waals surface area contributed by atoms with Crippen LogP contribution in [0.3, 0.4) is 0 Å². The number of fused-ring (bicyclic) bond motifs is 2. The Morgan fingerprint density at radius 3 is 2.81 bits per heavy atom. The Hall–Kier alpha value is -4.53. The van der Waals surface area contributed by atoms with Gasteiger partial charge in [0, 0.05) is 68.6 Å². The number of hydrogen-bond donors (Lipinski definition) is 2. The van der Waals surface area contributed by atoms with E-state index in [1.165, 1.54) is 0 Å². The molecule has 0 bridgehead atoms. The van der Waals surface area contributed by atoms with Crippen LogP contribution in [0.1, 0.15) is 44.6 Å². The van der Waals surface area contributed by atoms with Crippen LogP contribution in [0.2, 0.25) is 0 Å². The fourth-order valence-corrected chi connectivity index (χ4v) is 4.87. The SMILES string of the molecule is CCC(=O)Nc1ccc(C(=O)N2CCC(c3cc4c(-c5cnn6ncccc56)ccnc4[nH]3)C2)cc1.[HH].[HH]. The Morgan fingerprint density at radius 1 is 1.11 bits per heavy atom. The van der Waals surface area contributed by atoms with Crippen molar-refractivity contribution in [1.82, 2.24) is 29.7 Å². The summed E-state index contributed by atoms with van der Waals surface area (Å²) < 4.78 is 1.62. The van der Waals surface area contributed by atoms with Gasteiger partial charge in [0.15, 0.2) is 0 Å². The standard InChI is InChI=1S/C27H25N7O2.2H2/c1-2-25(35)31-19-7-5-17(6-8-19)27(36)33-13-10-18(16-33)23-14-21-20(9-12-28-26(21)32-23)22-15-30-34-24(22)4-3-11-29-34;;/h3-9,11-12,14-15,18H,2,10,13,16H2,1H3,(H,28,32)(H,31,35);2*1H. The monoisotopic (exact) mass is 483 g/mol. The van der Waals surface area contributed by atoms with Gasteiger partial charge in [0.2, 0.25) is 5.91 Å². The van der Waals surface area contributed by atoms with Crippen LogP contribution in [0.15, 0.2) is 67.1 Å². The van der Waals surface area contributed by atoms with Crippen LogP contribution in [-0.4, -0.2) is 54.6 Å². The zero-order valence-electron chi connectivity index (χ0n) is 19.8. The second-order valence-electron chi connectivity index (χ2n) is 9.02. The van der Waals surface area contributed by atoms with Crippen molar-refractivity contribution in [3.63, 3.8) is 0 Å². The first-order valence-electron chi connectivity index (χ1n) is 12.1. The Kier molecular flexibility index (Phi) is 5.44. The molecule has 4 aromatic heterocycles. The van der Waals surface area contributed by atoms with Crippen molar-refractivity contribution in [2.75, 3.05) is 18.4 Å². The number of H-pyrrole nitrogens is 1. The Morgan fingerprint density at radius 2 is 1.97 bits per heavy atom. The molecule has 6 rings (SSSR count). The number of benzene rings is 1. The highest BCUT2D eigenvalue weighted by molar-refractivity contribution is 5.98. The molecule has 1 aliphatic heterocycles. The minimum absolute atomic E-state index is 0. The fraction of sp³-hybridized carbons (Fsp3) is 0.222. The lowest BCUT2D eigenvalue weighted by Gasteiger charge is -2.16. The molecule has 1 unspecified atom stereocenters. The second kappa shape index (κ2) is 8.92. The largest absolute Gasteiger partial charge is 0.343 e. The summed E-state index contributed by atoms with van der Waals surface area (Å²) in [4.78, 5) is 34.6. The lowest BCUT2D eigenvalue weighted by Crippen LogP contribution is -2.28. The third-order valence-electron chi connectivity index (χ3n) is 6.80. The number of rotatable bonds is 5. The lowest BCUT2D eigenvalue weighted by molar-refractivity contribution is -0.115. The number of aromatic nitrogens is 5. The first-order valence-corrected chi connectivity index (χ1v) is 12.1. The molecule has 0 saturated carbocycles. The zero-order valence-corrected chi connectivity index (χ0v) is 19.8. The predicted octanol–water partition coefficient (Wildman–Crippen LogP) is 4.74. The molecule has 9 nitrogen and oxygen atoms in total. The molecule has 1 aromatic carbocycles. The average molecular weight is 484 g/mol. The molecule has 0 spiro atoms. The van der Waals surface area contributed by atoms with Crippen LogP contribution in [-0.2, 0) is 4.79 Å². The maximum absolute atomic E-state index is 13.1. The highest BCUT2D eigenvalue weighted by Crippen LogP contribution is 2.35. The van der Waals surface area contributed by atoms with E-state index in [1.807, 2.05) is 29.3 Å². The minimum Gasteiger partial charge on any atom is -0.343 e. The highest BCUT2D eigenvalue weighted by Gasteiger charge is 2.29. The summed E-state index contributed by atoms with van der Waals surface area (Å²) in [7, 11) is 0. The number of anilines is 1. The molecule has 5 heterocycles. The highest BCUT2D eigenvalue weighted by atomic mass is 16.2. The molecule has 9 heteroatoms. The number of pyridine rings is 1. The molecule has 2 amide bonds. The van der Waals surface area contributed by atoms with Gasteiger partial charge < -0.3 is 15.2 Å². The number of carbonyl (C=O) groups excluding carboxylic acids is 2. The number of likely N-dealkylation sites (tertiary alicyclic amines) is 1. The second-order valence-corrected chi connectivity index (χ2v) is 9.02. The van der Waals surface area contributed by atoms with E-state index in [4.69, 9.17) is 0 Å². The van der Waals surface area contributed by atoms with E-state index in [2.05, 4.69) is 31.5 Å². The fourth-order valence-electron chi connectivity index (χ4n) is 4.87. The number of nitrogens with one attached hydrogen (secondary N) is 2. The average Bonchev–Trinajstić information content (AvgIpc) is 3.66. The van der Waals surface area contributed by atoms with E-state index in [1.54, 1.807) is 48.2 Å².